The highest BCUT2D eigenvalue weighted by Crippen LogP contribution is 1.95. The molecule has 5 heteroatoms. The van der Waals surface area contributed by atoms with Crippen molar-refractivity contribution >= 4 is 5.97 Å². The quantitative estimate of drug-likeness (QED) is 0.310. The van der Waals surface area contributed by atoms with Gasteiger partial charge in [-0.3, -0.25) is 0 Å². The number of ether oxygens (including phenoxy) is 3. The molecule has 0 amide bonds. The average molecular weight is 229 g/mol. The summed E-state index contributed by atoms with van der Waals surface area (Å²) in [5.74, 6) is -0.656. The third-order valence-electron chi connectivity index (χ3n) is 1.26. The Morgan fingerprint density at radius 1 is 1.25 bits per heavy atom. The molecule has 0 aliphatic heterocycles. The van der Waals surface area contributed by atoms with Gasteiger partial charge in [-0.2, -0.15) is 5.26 Å². The molecule has 0 unspecified atom stereocenters. The summed E-state index contributed by atoms with van der Waals surface area (Å²) in [6, 6.07) is 1.65. The van der Waals surface area contributed by atoms with E-state index in [-0.39, 0.29) is 12.2 Å². The minimum atomic E-state index is -0.656. The van der Waals surface area contributed by atoms with Crippen molar-refractivity contribution in [3.63, 3.8) is 0 Å². The Balaban J connectivity index is 0. The van der Waals surface area contributed by atoms with Crippen molar-refractivity contribution in [2.45, 2.75) is 20.8 Å². The largest absolute Gasteiger partial charge is 0.503 e. The lowest BCUT2D eigenvalue weighted by atomic mass is 10.3. The molecular weight excluding hydrogens is 210 g/mol. The first-order valence-electron chi connectivity index (χ1n) is 5.05. The normalized spacial score (nSPS) is 9.56. The van der Waals surface area contributed by atoms with Gasteiger partial charge in [0, 0.05) is 13.2 Å². The van der Waals surface area contributed by atoms with Gasteiger partial charge in [-0.1, -0.05) is 0 Å². The number of carbonyl (C=O) groups excluding carboxylic acids is 1. The van der Waals surface area contributed by atoms with Crippen LogP contribution in [-0.4, -0.2) is 32.9 Å². The van der Waals surface area contributed by atoms with Crippen LogP contribution in [0.15, 0.2) is 11.8 Å². The highest BCUT2D eigenvalue weighted by Gasteiger charge is 2.08. The molecule has 0 bridgehead atoms. The molecule has 92 valence electrons. The summed E-state index contributed by atoms with van der Waals surface area (Å²) in [4.78, 5) is 10.8. The fourth-order valence-corrected chi connectivity index (χ4v) is 0.651. The van der Waals surface area contributed by atoms with Crippen LogP contribution in [-0.2, 0) is 19.0 Å². The molecule has 0 aliphatic carbocycles. The first kappa shape index (κ1) is 16.9. The Bertz CT molecular complexity index is 241. The fraction of sp³-hybridized carbons (Fsp3) is 0.636. The Morgan fingerprint density at radius 2 is 1.81 bits per heavy atom. The molecule has 0 heterocycles. The predicted molar refractivity (Wildman–Crippen MR) is 59.5 cm³/mol. The first-order valence-corrected chi connectivity index (χ1v) is 5.05. The van der Waals surface area contributed by atoms with E-state index < -0.39 is 5.97 Å². The molecule has 0 aromatic rings. The van der Waals surface area contributed by atoms with Crippen molar-refractivity contribution < 1.29 is 19.0 Å². The second-order valence-corrected chi connectivity index (χ2v) is 2.38. The standard InChI is InChI=1S/C7H9NO3.C4H10O/c1-3-11-7(9)6(4-8)5-10-2;1-3-5-4-2/h5H,3H2,1-2H3;3-4H2,1-2H3. The second kappa shape index (κ2) is 13.5. The first-order chi connectivity index (χ1) is 7.67. The van der Waals surface area contributed by atoms with Gasteiger partial charge in [0.25, 0.3) is 0 Å². The number of nitriles is 1. The molecule has 0 rings (SSSR count). The van der Waals surface area contributed by atoms with E-state index in [1.165, 1.54) is 7.11 Å². The SMILES string of the molecule is CCOC(=O)C(C#N)=COC.CCOCC. The smallest absolute Gasteiger partial charge is 0.352 e. The van der Waals surface area contributed by atoms with Crippen LogP contribution < -0.4 is 0 Å². The van der Waals surface area contributed by atoms with Gasteiger partial charge in [0.05, 0.1) is 13.7 Å². The van der Waals surface area contributed by atoms with Crippen LogP contribution in [0.25, 0.3) is 0 Å². The number of hydrogen-bond acceptors (Lipinski definition) is 5. The van der Waals surface area contributed by atoms with Crippen LogP contribution in [0.4, 0.5) is 0 Å². The van der Waals surface area contributed by atoms with Crippen molar-refractivity contribution in [2.75, 3.05) is 26.9 Å². The van der Waals surface area contributed by atoms with E-state index in [2.05, 4.69) is 9.47 Å². The van der Waals surface area contributed by atoms with E-state index >= 15 is 0 Å². The summed E-state index contributed by atoms with van der Waals surface area (Å²) in [7, 11) is 1.36. The lowest BCUT2D eigenvalue weighted by molar-refractivity contribution is -0.138. The maximum atomic E-state index is 10.8. The summed E-state index contributed by atoms with van der Waals surface area (Å²) in [6.07, 6.45) is 1.05. The van der Waals surface area contributed by atoms with Crippen molar-refractivity contribution in [3.8, 4) is 6.07 Å². The van der Waals surface area contributed by atoms with Gasteiger partial charge >= 0.3 is 5.97 Å². The molecule has 0 atom stereocenters. The molecule has 0 aromatic heterocycles. The molecule has 5 nitrogen and oxygen atoms in total. The van der Waals surface area contributed by atoms with Gasteiger partial charge in [0.1, 0.15) is 12.3 Å². The Labute approximate surface area is 96.6 Å². The van der Waals surface area contributed by atoms with Crippen LogP contribution in [0, 0.1) is 11.3 Å². The van der Waals surface area contributed by atoms with Crippen LogP contribution in [0.5, 0.6) is 0 Å². The zero-order chi connectivity index (χ0) is 12.8. The zero-order valence-electron chi connectivity index (χ0n) is 10.3. The average Bonchev–Trinajstić information content (AvgIpc) is 2.28. The summed E-state index contributed by atoms with van der Waals surface area (Å²) in [6.45, 7) is 7.58. The van der Waals surface area contributed by atoms with Crippen LogP contribution >= 0.6 is 0 Å². The molecule has 0 aromatic carbocycles. The maximum absolute atomic E-state index is 10.8. The van der Waals surface area contributed by atoms with Crippen LogP contribution in [0.1, 0.15) is 20.8 Å². The van der Waals surface area contributed by atoms with Gasteiger partial charge < -0.3 is 14.2 Å². The second-order valence-electron chi connectivity index (χ2n) is 2.38. The van der Waals surface area contributed by atoms with E-state index in [0.29, 0.717) is 0 Å². The Hall–Kier alpha value is -1.54. The molecule has 0 aliphatic rings. The van der Waals surface area contributed by atoms with Crippen LogP contribution in [0.3, 0.4) is 0 Å². The predicted octanol–water partition coefficient (Wildman–Crippen LogP) is 1.65. The molecule has 0 saturated carbocycles. The van der Waals surface area contributed by atoms with Gasteiger partial charge in [0.15, 0.2) is 5.57 Å². The fourth-order valence-electron chi connectivity index (χ4n) is 0.651. The van der Waals surface area contributed by atoms with Gasteiger partial charge in [0.2, 0.25) is 0 Å². The third kappa shape index (κ3) is 10.5. The van der Waals surface area contributed by atoms with Gasteiger partial charge in [-0.25, -0.2) is 4.79 Å². The molecule has 16 heavy (non-hydrogen) atoms. The molecule has 0 spiro atoms. The zero-order valence-corrected chi connectivity index (χ0v) is 10.3. The number of esters is 1. The summed E-state index contributed by atoms with van der Waals surface area (Å²) in [5, 5.41) is 8.36. The number of nitrogens with zero attached hydrogens (tertiary/aromatic N) is 1. The Morgan fingerprint density at radius 3 is 2.06 bits per heavy atom. The topological polar surface area (TPSA) is 68.6 Å². The minimum absolute atomic E-state index is 0.130. The highest BCUT2D eigenvalue weighted by atomic mass is 16.5. The number of methoxy groups -OCH3 is 1. The van der Waals surface area contributed by atoms with E-state index in [9.17, 15) is 4.79 Å². The number of carbonyl (C=O) groups is 1. The Kier molecular flexibility index (Phi) is 14.2. The summed E-state index contributed by atoms with van der Waals surface area (Å²) >= 11 is 0. The van der Waals surface area contributed by atoms with E-state index in [1.807, 2.05) is 13.8 Å². The van der Waals surface area contributed by atoms with E-state index in [0.717, 1.165) is 19.5 Å². The lowest BCUT2D eigenvalue weighted by Gasteiger charge is -1.97. The van der Waals surface area contributed by atoms with Crippen molar-refractivity contribution in [2.24, 2.45) is 0 Å². The monoisotopic (exact) mass is 229 g/mol. The van der Waals surface area contributed by atoms with Crippen molar-refractivity contribution in [1.82, 2.24) is 0 Å². The molecule has 0 saturated heterocycles. The number of hydrogen-bond donors (Lipinski definition) is 0. The summed E-state index contributed by atoms with van der Waals surface area (Å²) in [5.41, 5.74) is -0.130. The van der Waals surface area contributed by atoms with Crippen molar-refractivity contribution in [1.29, 1.82) is 5.26 Å². The molecular formula is C11H19NO4. The third-order valence-corrected chi connectivity index (χ3v) is 1.26. The lowest BCUT2D eigenvalue weighted by Crippen LogP contribution is -2.06. The summed E-state index contributed by atoms with van der Waals surface area (Å²) < 4.78 is 13.8. The van der Waals surface area contributed by atoms with Gasteiger partial charge in [-0.05, 0) is 20.8 Å². The van der Waals surface area contributed by atoms with Crippen LogP contribution in [0.2, 0.25) is 0 Å². The number of rotatable bonds is 5. The van der Waals surface area contributed by atoms with Gasteiger partial charge in [-0.15, -0.1) is 0 Å². The molecule has 0 radical (unpaired) electrons. The highest BCUT2D eigenvalue weighted by molar-refractivity contribution is 5.92. The minimum Gasteiger partial charge on any atom is -0.503 e. The van der Waals surface area contributed by atoms with E-state index in [1.54, 1.807) is 13.0 Å². The maximum Gasteiger partial charge on any atom is 0.352 e. The van der Waals surface area contributed by atoms with E-state index in [4.69, 9.17) is 10.00 Å². The molecule has 0 N–H and O–H groups in total. The molecule has 0 fully saturated rings. The van der Waals surface area contributed by atoms with Crippen molar-refractivity contribution in [3.05, 3.63) is 11.8 Å².